The molecule has 0 saturated heterocycles. The molecule has 0 radical (unpaired) electrons. The molecule has 100 valence electrons. The lowest BCUT2D eigenvalue weighted by molar-refractivity contribution is 0.102. The summed E-state index contributed by atoms with van der Waals surface area (Å²) in [6.45, 7) is 0. The molecule has 0 amide bonds. The second-order valence-corrected chi connectivity index (χ2v) is 6.11. The Morgan fingerprint density at radius 3 is 2.89 bits per heavy atom. The van der Waals surface area contributed by atoms with Crippen LogP contribution in [0.15, 0.2) is 22.5 Å². The predicted octanol–water partition coefficient (Wildman–Crippen LogP) is 2.76. The van der Waals surface area contributed by atoms with Crippen molar-refractivity contribution in [2.24, 2.45) is 0 Å². The van der Waals surface area contributed by atoms with Crippen molar-refractivity contribution >= 4 is 45.6 Å². The number of ketones is 1. The maximum atomic E-state index is 12.0. The summed E-state index contributed by atoms with van der Waals surface area (Å²) in [7, 11) is 1.53. The van der Waals surface area contributed by atoms with E-state index in [0.717, 1.165) is 0 Å². The van der Waals surface area contributed by atoms with Crippen molar-refractivity contribution < 1.29 is 9.53 Å². The highest BCUT2D eigenvalue weighted by Gasteiger charge is 2.11. The quantitative estimate of drug-likeness (QED) is 0.675. The maximum absolute atomic E-state index is 12.0. The molecular weight excluding hydrogens is 306 g/mol. The Hall–Kier alpha value is -1.31. The van der Waals surface area contributed by atoms with E-state index in [1.807, 2.05) is 0 Å². The largest absolute Gasteiger partial charge is 0.495 e. The lowest BCUT2D eigenvalue weighted by Gasteiger charge is -2.04. The number of carbonyl (C=O) groups is 1. The number of Topliss-reactive ketones (excluding diaryl/α,β-unsaturated/α-hetero) is 1. The van der Waals surface area contributed by atoms with Gasteiger partial charge in [-0.1, -0.05) is 34.7 Å². The summed E-state index contributed by atoms with van der Waals surface area (Å²) in [5, 5.41) is 8.32. The standard InChI is InChI=1S/C11H10ClN3O2S2/c1-17-9-3-2-6(4-7(9)12)8(16)5-18-11-15-14-10(13)19-11/h2-4H,5H2,1H3,(H2,13,14). The van der Waals surface area contributed by atoms with Crippen molar-refractivity contribution in [3.63, 3.8) is 0 Å². The fourth-order valence-corrected chi connectivity index (χ4v) is 3.12. The normalized spacial score (nSPS) is 10.4. The Labute approximate surface area is 123 Å². The highest BCUT2D eigenvalue weighted by atomic mass is 35.5. The Balaban J connectivity index is 2.01. The molecule has 0 unspecified atom stereocenters. The SMILES string of the molecule is COc1ccc(C(=O)CSc2nnc(N)s2)cc1Cl. The van der Waals surface area contributed by atoms with Crippen LogP contribution in [0.4, 0.5) is 5.13 Å². The lowest BCUT2D eigenvalue weighted by Crippen LogP contribution is -2.02. The maximum Gasteiger partial charge on any atom is 0.203 e. The number of carbonyl (C=O) groups excluding carboxylic acids is 1. The topological polar surface area (TPSA) is 78.1 Å². The summed E-state index contributed by atoms with van der Waals surface area (Å²) in [6.07, 6.45) is 0. The van der Waals surface area contributed by atoms with Crippen molar-refractivity contribution in [3.8, 4) is 5.75 Å². The van der Waals surface area contributed by atoms with Crippen molar-refractivity contribution in [2.45, 2.75) is 4.34 Å². The van der Waals surface area contributed by atoms with Gasteiger partial charge in [0.2, 0.25) is 5.13 Å². The summed E-state index contributed by atoms with van der Waals surface area (Å²) in [5.74, 6) is 0.767. The number of hydrogen-bond donors (Lipinski definition) is 1. The van der Waals surface area contributed by atoms with Gasteiger partial charge in [0, 0.05) is 5.56 Å². The zero-order valence-electron chi connectivity index (χ0n) is 9.92. The van der Waals surface area contributed by atoms with Gasteiger partial charge >= 0.3 is 0 Å². The fourth-order valence-electron chi connectivity index (χ4n) is 1.33. The van der Waals surface area contributed by atoms with Crippen LogP contribution < -0.4 is 10.5 Å². The first-order chi connectivity index (χ1) is 9.10. The number of methoxy groups -OCH3 is 1. The van der Waals surface area contributed by atoms with Gasteiger partial charge in [-0.25, -0.2) is 0 Å². The third kappa shape index (κ3) is 3.59. The number of nitrogens with zero attached hydrogens (tertiary/aromatic N) is 2. The zero-order valence-corrected chi connectivity index (χ0v) is 12.3. The molecule has 5 nitrogen and oxygen atoms in total. The molecular formula is C11H10ClN3O2S2. The van der Waals surface area contributed by atoms with Crippen LogP contribution in [-0.2, 0) is 0 Å². The van der Waals surface area contributed by atoms with Gasteiger partial charge in [0.25, 0.3) is 0 Å². The van der Waals surface area contributed by atoms with Crippen LogP contribution in [0, 0.1) is 0 Å². The molecule has 0 atom stereocenters. The smallest absolute Gasteiger partial charge is 0.203 e. The summed E-state index contributed by atoms with van der Waals surface area (Å²) in [5.41, 5.74) is 6.00. The van der Waals surface area contributed by atoms with Gasteiger partial charge in [0.1, 0.15) is 5.75 Å². The van der Waals surface area contributed by atoms with Crippen molar-refractivity contribution in [1.29, 1.82) is 0 Å². The lowest BCUT2D eigenvalue weighted by atomic mass is 10.1. The minimum atomic E-state index is -0.0386. The molecule has 0 aliphatic heterocycles. The number of nitrogen functional groups attached to an aromatic ring is 1. The van der Waals surface area contributed by atoms with E-state index in [9.17, 15) is 4.79 Å². The Morgan fingerprint density at radius 2 is 2.32 bits per heavy atom. The van der Waals surface area contributed by atoms with Crippen LogP contribution in [0.1, 0.15) is 10.4 Å². The highest BCUT2D eigenvalue weighted by Crippen LogP contribution is 2.27. The second kappa shape index (κ2) is 6.23. The molecule has 19 heavy (non-hydrogen) atoms. The van der Waals surface area contributed by atoms with Crippen LogP contribution >= 0.6 is 34.7 Å². The Kier molecular flexibility index (Phi) is 4.62. The molecule has 0 fully saturated rings. The number of rotatable bonds is 5. The van der Waals surface area contributed by atoms with Crippen molar-refractivity contribution in [1.82, 2.24) is 10.2 Å². The number of ether oxygens (including phenoxy) is 1. The average Bonchev–Trinajstić information content (AvgIpc) is 2.81. The summed E-state index contributed by atoms with van der Waals surface area (Å²) in [6, 6.07) is 4.95. The van der Waals surface area contributed by atoms with Gasteiger partial charge in [-0.3, -0.25) is 4.79 Å². The molecule has 2 rings (SSSR count). The molecule has 0 aliphatic rings. The summed E-state index contributed by atoms with van der Waals surface area (Å²) in [4.78, 5) is 12.0. The van der Waals surface area contributed by atoms with Crippen LogP contribution in [0.25, 0.3) is 0 Å². The fraction of sp³-hybridized carbons (Fsp3) is 0.182. The van der Waals surface area contributed by atoms with Crippen LogP contribution in [-0.4, -0.2) is 28.8 Å². The summed E-state index contributed by atoms with van der Waals surface area (Å²) >= 11 is 8.53. The third-order valence-corrected chi connectivity index (χ3v) is 4.40. The van der Waals surface area contributed by atoms with E-state index >= 15 is 0 Å². The molecule has 2 aromatic rings. The molecule has 0 spiro atoms. The molecule has 1 heterocycles. The molecule has 8 heteroatoms. The number of thioether (sulfide) groups is 1. The average molecular weight is 316 g/mol. The molecule has 0 bridgehead atoms. The van der Waals surface area contributed by atoms with Crippen LogP contribution in [0.5, 0.6) is 5.75 Å². The zero-order chi connectivity index (χ0) is 13.8. The van der Waals surface area contributed by atoms with Gasteiger partial charge < -0.3 is 10.5 Å². The van der Waals surface area contributed by atoms with E-state index in [1.54, 1.807) is 18.2 Å². The summed E-state index contributed by atoms with van der Waals surface area (Å²) < 4.78 is 5.70. The van der Waals surface area contributed by atoms with Gasteiger partial charge in [-0.15, -0.1) is 10.2 Å². The van der Waals surface area contributed by atoms with Crippen molar-refractivity contribution in [2.75, 3.05) is 18.6 Å². The van der Waals surface area contributed by atoms with E-state index < -0.39 is 0 Å². The van der Waals surface area contributed by atoms with E-state index in [4.69, 9.17) is 22.1 Å². The monoisotopic (exact) mass is 315 g/mol. The van der Waals surface area contributed by atoms with Gasteiger partial charge in [-0.2, -0.15) is 0 Å². The van der Waals surface area contributed by atoms with E-state index in [0.29, 0.717) is 25.8 Å². The first-order valence-electron chi connectivity index (χ1n) is 5.18. The van der Waals surface area contributed by atoms with Crippen LogP contribution in [0.3, 0.4) is 0 Å². The van der Waals surface area contributed by atoms with Gasteiger partial charge in [-0.05, 0) is 18.2 Å². The number of halogens is 1. The highest BCUT2D eigenvalue weighted by molar-refractivity contribution is 8.01. The number of benzene rings is 1. The van der Waals surface area contributed by atoms with Gasteiger partial charge in [0.15, 0.2) is 10.1 Å². The van der Waals surface area contributed by atoms with E-state index in [2.05, 4.69) is 10.2 Å². The first kappa shape index (κ1) is 14.1. The number of nitrogens with two attached hydrogens (primary N) is 1. The number of anilines is 1. The van der Waals surface area contributed by atoms with Crippen LogP contribution in [0.2, 0.25) is 5.02 Å². The Bertz CT molecular complexity index is 603. The number of hydrogen-bond acceptors (Lipinski definition) is 7. The molecule has 1 aromatic heterocycles. The van der Waals surface area contributed by atoms with Crippen molar-refractivity contribution in [3.05, 3.63) is 28.8 Å². The third-order valence-electron chi connectivity index (χ3n) is 2.22. The second-order valence-electron chi connectivity index (χ2n) is 3.47. The Morgan fingerprint density at radius 1 is 1.53 bits per heavy atom. The molecule has 2 N–H and O–H groups in total. The number of aromatic nitrogens is 2. The minimum Gasteiger partial charge on any atom is -0.495 e. The van der Waals surface area contributed by atoms with E-state index in [1.165, 1.54) is 30.2 Å². The molecule has 1 aromatic carbocycles. The molecule has 0 aliphatic carbocycles. The predicted molar refractivity (Wildman–Crippen MR) is 77.4 cm³/mol. The van der Waals surface area contributed by atoms with Gasteiger partial charge in [0.05, 0.1) is 17.9 Å². The molecule has 0 saturated carbocycles. The first-order valence-corrected chi connectivity index (χ1v) is 7.36. The van der Waals surface area contributed by atoms with E-state index in [-0.39, 0.29) is 11.5 Å². The minimum absolute atomic E-state index is 0.0386.